The predicted octanol–water partition coefficient (Wildman–Crippen LogP) is 2.69. The molecule has 0 spiro atoms. The fourth-order valence-corrected chi connectivity index (χ4v) is 1.81. The summed E-state index contributed by atoms with van der Waals surface area (Å²) in [6.07, 6.45) is 5.10. The summed E-state index contributed by atoms with van der Waals surface area (Å²) < 4.78 is 4.88. The molecule has 0 bridgehead atoms. The van der Waals surface area contributed by atoms with Crippen LogP contribution in [-0.2, 0) is 9.53 Å². The van der Waals surface area contributed by atoms with Gasteiger partial charge in [-0.25, -0.2) is 4.79 Å². The molecule has 0 aliphatic heterocycles. The fraction of sp³-hybridized carbons (Fsp3) is 0.727. The van der Waals surface area contributed by atoms with Crippen molar-refractivity contribution < 1.29 is 9.53 Å². The minimum Gasteiger partial charge on any atom is -0.463 e. The third-order valence-corrected chi connectivity index (χ3v) is 2.70. The van der Waals surface area contributed by atoms with Crippen molar-refractivity contribution in [2.24, 2.45) is 5.41 Å². The van der Waals surface area contributed by atoms with Crippen LogP contribution in [0.15, 0.2) is 11.6 Å². The van der Waals surface area contributed by atoms with Crippen LogP contribution < -0.4 is 0 Å². The predicted molar refractivity (Wildman–Crippen MR) is 52.3 cm³/mol. The zero-order valence-corrected chi connectivity index (χ0v) is 8.72. The first-order valence-corrected chi connectivity index (χ1v) is 4.94. The Morgan fingerprint density at radius 2 is 2.31 bits per heavy atom. The van der Waals surface area contributed by atoms with Gasteiger partial charge in [0.1, 0.15) is 0 Å². The highest BCUT2D eigenvalue weighted by atomic mass is 16.5. The first-order valence-electron chi connectivity index (χ1n) is 4.94. The topological polar surface area (TPSA) is 26.3 Å². The summed E-state index contributed by atoms with van der Waals surface area (Å²) in [5.41, 5.74) is 1.44. The second kappa shape index (κ2) is 3.95. The summed E-state index contributed by atoms with van der Waals surface area (Å²) in [6, 6.07) is 0. The van der Waals surface area contributed by atoms with Gasteiger partial charge in [-0.15, -0.1) is 0 Å². The lowest BCUT2D eigenvalue weighted by atomic mass is 9.87. The Balaban J connectivity index is 2.65. The summed E-state index contributed by atoms with van der Waals surface area (Å²) in [5, 5.41) is 0. The quantitative estimate of drug-likeness (QED) is 0.485. The van der Waals surface area contributed by atoms with Gasteiger partial charge in [0.05, 0.1) is 6.61 Å². The number of esters is 1. The summed E-state index contributed by atoms with van der Waals surface area (Å²) >= 11 is 0. The van der Waals surface area contributed by atoms with Crippen molar-refractivity contribution in [1.82, 2.24) is 0 Å². The van der Waals surface area contributed by atoms with E-state index in [0.29, 0.717) is 6.61 Å². The molecule has 0 unspecified atom stereocenters. The average molecular weight is 182 g/mol. The Labute approximate surface area is 80.0 Å². The Hall–Kier alpha value is -0.790. The van der Waals surface area contributed by atoms with E-state index in [2.05, 4.69) is 13.8 Å². The number of hydrogen-bond donors (Lipinski definition) is 0. The third kappa shape index (κ3) is 2.58. The summed E-state index contributed by atoms with van der Waals surface area (Å²) in [7, 11) is 0. The molecule has 1 fully saturated rings. The molecule has 0 aromatic heterocycles. The van der Waals surface area contributed by atoms with Crippen molar-refractivity contribution in [1.29, 1.82) is 0 Å². The molecular formula is C11H18O2. The zero-order chi connectivity index (χ0) is 9.90. The van der Waals surface area contributed by atoms with E-state index in [9.17, 15) is 4.79 Å². The van der Waals surface area contributed by atoms with Crippen molar-refractivity contribution >= 4 is 5.97 Å². The molecule has 13 heavy (non-hydrogen) atoms. The molecular weight excluding hydrogens is 164 g/mol. The molecule has 2 nitrogen and oxygen atoms in total. The number of rotatable bonds is 2. The summed E-state index contributed by atoms with van der Waals surface area (Å²) in [4.78, 5) is 11.2. The van der Waals surface area contributed by atoms with Crippen molar-refractivity contribution in [2.45, 2.75) is 40.0 Å². The average Bonchev–Trinajstić information content (AvgIpc) is 2.31. The van der Waals surface area contributed by atoms with Gasteiger partial charge in [-0.05, 0) is 31.6 Å². The summed E-state index contributed by atoms with van der Waals surface area (Å²) in [6.45, 7) is 6.66. The third-order valence-electron chi connectivity index (χ3n) is 2.70. The smallest absolute Gasteiger partial charge is 0.330 e. The normalized spacial score (nSPS) is 23.5. The van der Waals surface area contributed by atoms with Gasteiger partial charge in [0, 0.05) is 6.08 Å². The van der Waals surface area contributed by atoms with Crippen LogP contribution in [0.4, 0.5) is 0 Å². The molecule has 0 atom stereocenters. The van der Waals surface area contributed by atoms with Crippen LogP contribution in [-0.4, -0.2) is 12.6 Å². The van der Waals surface area contributed by atoms with Crippen LogP contribution >= 0.6 is 0 Å². The molecule has 0 amide bonds. The first-order chi connectivity index (χ1) is 6.06. The SMILES string of the molecule is CCOC(=O)/C=C1/CCCC1(C)C. The number of hydrogen-bond acceptors (Lipinski definition) is 2. The van der Waals surface area contributed by atoms with Crippen LogP contribution in [0.1, 0.15) is 40.0 Å². The highest BCUT2D eigenvalue weighted by Crippen LogP contribution is 2.41. The van der Waals surface area contributed by atoms with Crippen LogP contribution in [0.2, 0.25) is 0 Å². The highest BCUT2D eigenvalue weighted by molar-refractivity contribution is 5.83. The van der Waals surface area contributed by atoms with Gasteiger partial charge >= 0.3 is 5.97 Å². The fourth-order valence-electron chi connectivity index (χ4n) is 1.81. The molecule has 0 aromatic carbocycles. The number of carbonyl (C=O) groups is 1. The molecule has 2 heteroatoms. The van der Waals surface area contributed by atoms with Gasteiger partial charge in [0.25, 0.3) is 0 Å². The second-order valence-electron chi connectivity index (χ2n) is 4.16. The minimum atomic E-state index is -0.188. The molecule has 1 rings (SSSR count). The molecule has 0 N–H and O–H groups in total. The van der Waals surface area contributed by atoms with E-state index < -0.39 is 0 Å². The van der Waals surface area contributed by atoms with Gasteiger partial charge in [-0.2, -0.15) is 0 Å². The lowest BCUT2D eigenvalue weighted by molar-refractivity contribution is -0.137. The van der Waals surface area contributed by atoms with Gasteiger partial charge in [0.15, 0.2) is 0 Å². The van der Waals surface area contributed by atoms with E-state index in [1.165, 1.54) is 18.4 Å². The van der Waals surface area contributed by atoms with Gasteiger partial charge in [0.2, 0.25) is 0 Å². The van der Waals surface area contributed by atoms with Gasteiger partial charge in [-0.1, -0.05) is 19.4 Å². The molecule has 0 heterocycles. The van der Waals surface area contributed by atoms with E-state index in [4.69, 9.17) is 4.74 Å². The number of allylic oxidation sites excluding steroid dienone is 1. The Morgan fingerprint density at radius 3 is 2.77 bits per heavy atom. The maximum absolute atomic E-state index is 11.2. The molecule has 1 aliphatic rings. The number of carbonyl (C=O) groups excluding carboxylic acids is 1. The standard InChI is InChI=1S/C11H18O2/c1-4-13-10(12)8-9-6-5-7-11(9,2)3/h8H,4-7H2,1-3H3/b9-8-. The zero-order valence-electron chi connectivity index (χ0n) is 8.72. The maximum Gasteiger partial charge on any atom is 0.330 e. The highest BCUT2D eigenvalue weighted by Gasteiger charge is 2.29. The van der Waals surface area contributed by atoms with Crippen LogP contribution in [0.5, 0.6) is 0 Å². The number of ether oxygens (including phenoxy) is 1. The van der Waals surface area contributed by atoms with Crippen LogP contribution in [0.25, 0.3) is 0 Å². The van der Waals surface area contributed by atoms with E-state index in [-0.39, 0.29) is 11.4 Å². The van der Waals surface area contributed by atoms with Crippen LogP contribution in [0.3, 0.4) is 0 Å². The Bertz CT molecular complexity index is 226. The minimum absolute atomic E-state index is 0.188. The van der Waals surface area contributed by atoms with Crippen LogP contribution in [0, 0.1) is 5.41 Å². The van der Waals surface area contributed by atoms with Crippen molar-refractivity contribution in [3.8, 4) is 0 Å². The van der Waals surface area contributed by atoms with Crippen molar-refractivity contribution in [3.05, 3.63) is 11.6 Å². The lowest BCUT2D eigenvalue weighted by Gasteiger charge is -2.18. The lowest BCUT2D eigenvalue weighted by Crippen LogP contribution is -2.10. The Kier molecular flexibility index (Phi) is 3.12. The van der Waals surface area contributed by atoms with E-state index in [1.54, 1.807) is 6.08 Å². The molecule has 1 saturated carbocycles. The van der Waals surface area contributed by atoms with Gasteiger partial charge < -0.3 is 4.74 Å². The molecule has 0 saturated heterocycles. The van der Waals surface area contributed by atoms with E-state index in [0.717, 1.165) is 6.42 Å². The molecule has 1 aliphatic carbocycles. The Morgan fingerprint density at radius 1 is 1.62 bits per heavy atom. The van der Waals surface area contributed by atoms with Crippen molar-refractivity contribution in [3.63, 3.8) is 0 Å². The van der Waals surface area contributed by atoms with E-state index in [1.807, 2.05) is 6.92 Å². The second-order valence-corrected chi connectivity index (χ2v) is 4.16. The molecule has 0 radical (unpaired) electrons. The monoisotopic (exact) mass is 182 g/mol. The maximum atomic E-state index is 11.2. The van der Waals surface area contributed by atoms with Crippen molar-refractivity contribution in [2.75, 3.05) is 6.61 Å². The molecule has 74 valence electrons. The van der Waals surface area contributed by atoms with Gasteiger partial charge in [-0.3, -0.25) is 0 Å². The summed E-state index contributed by atoms with van der Waals surface area (Å²) in [5.74, 6) is -0.188. The first kappa shape index (κ1) is 10.3. The van der Waals surface area contributed by atoms with E-state index >= 15 is 0 Å². The largest absolute Gasteiger partial charge is 0.463 e. The molecule has 0 aromatic rings.